The normalized spacial score (nSPS) is 20.6. The highest BCUT2D eigenvalue weighted by atomic mass is 16.5. The third-order valence-corrected chi connectivity index (χ3v) is 3.35. The monoisotopic (exact) mass is 274 g/mol. The fourth-order valence-corrected chi connectivity index (χ4v) is 2.51. The first-order valence-corrected chi connectivity index (χ1v) is 6.32. The maximum Gasteiger partial charge on any atom is 0.196 e. The molecule has 0 atom stereocenters. The second kappa shape index (κ2) is 5.00. The van der Waals surface area contributed by atoms with Crippen molar-refractivity contribution in [2.24, 2.45) is 0 Å². The first-order valence-electron chi connectivity index (χ1n) is 6.32. The lowest BCUT2D eigenvalue weighted by molar-refractivity contribution is -0.199. The molecule has 0 spiro atoms. The van der Waals surface area contributed by atoms with Crippen LogP contribution in [0.2, 0.25) is 0 Å². The first kappa shape index (κ1) is 14.7. The van der Waals surface area contributed by atoms with E-state index in [2.05, 4.69) is 6.58 Å². The van der Waals surface area contributed by atoms with Crippen molar-refractivity contribution in [1.29, 1.82) is 0 Å². The average Bonchev–Trinajstić information content (AvgIpc) is 2.55. The molecule has 20 heavy (non-hydrogen) atoms. The zero-order valence-corrected chi connectivity index (χ0v) is 11.2. The van der Waals surface area contributed by atoms with Gasteiger partial charge < -0.3 is 20.4 Å². The second-order valence-corrected chi connectivity index (χ2v) is 4.94. The van der Waals surface area contributed by atoms with Crippen molar-refractivity contribution in [2.45, 2.75) is 24.9 Å². The quantitative estimate of drug-likeness (QED) is 0.627. The van der Waals surface area contributed by atoms with Crippen LogP contribution in [0.5, 0.6) is 0 Å². The van der Waals surface area contributed by atoms with Crippen LogP contribution in [-0.4, -0.2) is 32.0 Å². The molecule has 1 aliphatic rings. The largest absolute Gasteiger partial charge is 0.362 e. The number of hydrogen-bond acceptors (Lipinski definition) is 4. The van der Waals surface area contributed by atoms with Crippen LogP contribution in [0.3, 0.4) is 0 Å². The van der Waals surface area contributed by atoms with Crippen molar-refractivity contribution in [3.8, 4) is 0 Å². The zero-order valence-electron chi connectivity index (χ0n) is 11.2. The Morgan fingerprint density at radius 1 is 1.10 bits per heavy atom. The van der Waals surface area contributed by atoms with E-state index in [0.717, 1.165) is 0 Å². The molecular weight excluding hydrogens is 256 g/mol. The van der Waals surface area contributed by atoms with Crippen LogP contribution in [0.4, 0.5) is 0 Å². The van der Waals surface area contributed by atoms with E-state index in [9.17, 15) is 20.4 Å². The van der Waals surface area contributed by atoms with Crippen LogP contribution in [-0.2, 0) is 0 Å². The Bertz CT molecular complexity index is 580. The Morgan fingerprint density at radius 3 is 2.25 bits per heavy atom. The summed E-state index contributed by atoms with van der Waals surface area (Å²) in [7, 11) is 0. The molecule has 0 radical (unpaired) electrons. The van der Waals surface area contributed by atoms with E-state index in [1.54, 1.807) is 37.3 Å². The lowest BCUT2D eigenvalue weighted by atomic mass is 9.93. The molecule has 0 saturated carbocycles. The van der Waals surface area contributed by atoms with Gasteiger partial charge in [0, 0.05) is 11.1 Å². The summed E-state index contributed by atoms with van der Waals surface area (Å²) in [5.41, 5.74) is 1.13. The minimum atomic E-state index is -2.33. The van der Waals surface area contributed by atoms with E-state index in [4.69, 9.17) is 0 Å². The molecule has 0 bridgehead atoms. The highest BCUT2D eigenvalue weighted by molar-refractivity contribution is 5.82. The van der Waals surface area contributed by atoms with Crippen LogP contribution < -0.4 is 0 Å². The molecule has 4 N–H and O–H groups in total. The summed E-state index contributed by atoms with van der Waals surface area (Å²) in [5, 5.41) is 40.1. The number of rotatable bonds is 3. The minimum Gasteiger partial charge on any atom is -0.362 e. The van der Waals surface area contributed by atoms with Crippen molar-refractivity contribution < 1.29 is 20.4 Å². The van der Waals surface area contributed by atoms with Gasteiger partial charge in [0.2, 0.25) is 0 Å². The summed E-state index contributed by atoms with van der Waals surface area (Å²) in [6.07, 6.45) is 2.45. The minimum absolute atomic E-state index is 0.0341. The fourth-order valence-electron chi connectivity index (χ4n) is 2.51. The van der Waals surface area contributed by atoms with Crippen molar-refractivity contribution in [2.75, 3.05) is 0 Å². The van der Waals surface area contributed by atoms with Gasteiger partial charge in [-0.05, 0) is 18.1 Å². The van der Waals surface area contributed by atoms with Gasteiger partial charge in [-0.1, -0.05) is 49.1 Å². The third-order valence-electron chi connectivity index (χ3n) is 3.35. The first-order chi connectivity index (χ1) is 9.29. The maximum atomic E-state index is 10.1. The SMILES string of the molecule is C=C(C1=C(/C=C\C)C(O)(O)CC1(O)O)c1ccccc1. The highest BCUT2D eigenvalue weighted by Crippen LogP contribution is 2.45. The third kappa shape index (κ3) is 2.46. The smallest absolute Gasteiger partial charge is 0.196 e. The molecular formula is C16H18O4. The van der Waals surface area contributed by atoms with Crippen LogP contribution in [0.15, 0.2) is 60.2 Å². The van der Waals surface area contributed by atoms with E-state index >= 15 is 0 Å². The number of aliphatic hydroxyl groups is 4. The van der Waals surface area contributed by atoms with Crippen LogP contribution in [0.25, 0.3) is 5.57 Å². The van der Waals surface area contributed by atoms with Gasteiger partial charge in [-0.2, -0.15) is 0 Å². The van der Waals surface area contributed by atoms with Crippen LogP contribution >= 0.6 is 0 Å². The fraction of sp³-hybridized carbons (Fsp3) is 0.250. The molecule has 0 saturated heterocycles. The summed E-state index contributed by atoms with van der Waals surface area (Å²) < 4.78 is 0. The molecule has 106 valence electrons. The van der Waals surface area contributed by atoms with Gasteiger partial charge in [0.1, 0.15) is 0 Å². The molecule has 4 heteroatoms. The molecule has 0 aliphatic heterocycles. The van der Waals surface area contributed by atoms with Gasteiger partial charge in [-0.15, -0.1) is 0 Å². The molecule has 2 rings (SSSR count). The van der Waals surface area contributed by atoms with Gasteiger partial charge in [0.15, 0.2) is 11.6 Å². The molecule has 0 amide bonds. The molecule has 0 fully saturated rings. The van der Waals surface area contributed by atoms with E-state index < -0.39 is 18.0 Å². The van der Waals surface area contributed by atoms with E-state index in [1.807, 2.05) is 6.07 Å². The molecule has 0 heterocycles. The Hall–Kier alpha value is -1.72. The molecule has 1 aromatic rings. The van der Waals surface area contributed by atoms with Gasteiger partial charge >= 0.3 is 0 Å². The average molecular weight is 274 g/mol. The maximum absolute atomic E-state index is 10.1. The van der Waals surface area contributed by atoms with Gasteiger partial charge in [-0.25, -0.2) is 0 Å². The Kier molecular flexibility index (Phi) is 3.67. The molecule has 0 unspecified atom stereocenters. The Labute approximate surface area is 117 Å². The summed E-state index contributed by atoms with van der Waals surface area (Å²) in [6, 6.07) is 8.97. The molecule has 1 aromatic carbocycles. The zero-order chi connectivity index (χ0) is 15.0. The molecule has 1 aliphatic carbocycles. The van der Waals surface area contributed by atoms with Crippen molar-refractivity contribution in [1.82, 2.24) is 0 Å². The summed E-state index contributed by atoms with van der Waals surface area (Å²) >= 11 is 0. The van der Waals surface area contributed by atoms with Gasteiger partial charge in [-0.3, -0.25) is 0 Å². The molecule has 4 nitrogen and oxygen atoms in total. The highest BCUT2D eigenvalue weighted by Gasteiger charge is 2.51. The van der Waals surface area contributed by atoms with Crippen molar-refractivity contribution in [3.05, 3.63) is 65.8 Å². The van der Waals surface area contributed by atoms with E-state index in [0.29, 0.717) is 11.1 Å². The topological polar surface area (TPSA) is 80.9 Å². The number of hydrogen-bond donors (Lipinski definition) is 4. The predicted octanol–water partition coefficient (Wildman–Crippen LogP) is 1.34. The van der Waals surface area contributed by atoms with Crippen molar-refractivity contribution >= 4 is 5.57 Å². The van der Waals surface area contributed by atoms with Crippen LogP contribution in [0.1, 0.15) is 18.9 Å². The predicted molar refractivity (Wildman–Crippen MR) is 76.3 cm³/mol. The Morgan fingerprint density at radius 2 is 1.70 bits per heavy atom. The summed E-state index contributed by atoms with van der Waals surface area (Å²) in [6.45, 7) is 5.58. The van der Waals surface area contributed by atoms with Crippen molar-refractivity contribution in [3.63, 3.8) is 0 Å². The van der Waals surface area contributed by atoms with Gasteiger partial charge in [0.05, 0.1) is 6.42 Å². The summed E-state index contributed by atoms with van der Waals surface area (Å²) in [5.74, 6) is -4.62. The molecule has 0 aromatic heterocycles. The van der Waals surface area contributed by atoms with Gasteiger partial charge in [0.25, 0.3) is 0 Å². The Balaban J connectivity index is 2.60. The van der Waals surface area contributed by atoms with E-state index in [-0.39, 0.29) is 11.1 Å². The number of allylic oxidation sites excluding steroid dienone is 1. The lowest BCUT2D eigenvalue weighted by Gasteiger charge is -2.22. The second-order valence-electron chi connectivity index (χ2n) is 4.94. The lowest BCUT2D eigenvalue weighted by Crippen LogP contribution is -2.35. The van der Waals surface area contributed by atoms with Crippen LogP contribution in [0, 0.1) is 0 Å². The standard InChI is InChI=1S/C16H18O4/c1-3-7-13-14(16(19,20)10-15(13,17)18)11(2)12-8-5-4-6-9-12/h3-9,17-20H,2,10H2,1H3/b7-3-. The number of benzene rings is 1. The van der Waals surface area contributed by atoms with E-state index in [1.165, 1.54) is 6.08 Å². The summed E-state index contributed by atoms with van der Waals surface area (Å²) in [4.78, 5) is 0.